The van der Waals surface area contributed by atoms with Crippen molar-refractivity contribution < 1.29 is 8.42 Å². The van der Waals surface area contributed by atoms with E-state index in [1.54, 1.807) is 12.1 Å². The Morgan fingerprint density at radius 3 is 2.35 bits per heavy atom. The van der Waals surface area contributed by atoms with Gasteiger partial charge in [0.1, 0.15) is 0 Å². The highest BCUT2D eigenvalue weighted by Crippen LogP contribution is 2.30. The van der Waals surface area contributed by atoms with Crippen LogP contribution in [-0.2, 0) is 16.6 Å². The standard InChI is InChI=1S/C33H32N6O3S/c34-43(41,42)28-14-15-29-25(20-28)22-38(26-6-2-1-3-7-26)32(35-29)24-12-10-23(11-13-24)21-37-18-16-27(17-19-37)39-31-9-5-4-8-30(31)36-33(39)40/h1-15,20,22,27,32H,16-19,21H2,(H,36,40)(H2,34,41,42). The number of fused-ring (bicyclic) bond motifs is 2. The lowest BCUT2D eigenvalue weighted by Gasteiger charge is -2.33. The SMILES string of the molecule is NS(=O)(=O)c1ccc2c(c1)=CN(c1ccccc1)C(c1ccc(CN3CCC(n4c(=O)[nH]c5ccccc54)CC3)cc1)N=2. The fourth-order valence-corrected chi connectivity index (χ4v) is 6.77. The number of primary sulfonamides is 1. The van der Waals surface area contributed by atoms with Crippen LogP contribution in [0.25, 0.3) is 17.2 Å². The maximum absolute atomic E-state index is 12.7. The molecule has 0 radical (unpaired) electrons. The van der Waals surface area contributed by atoms with Gasteiger partial charge in [0.15, 0.2) is 6.17 Å². The number of nitrogens with two attached hydrogens (primary N) is 1. The normalized spacial score (nSPS) is 17.8. The predicted octanol–water partition coefficient (Wildman–Crippen LogP) is 3.39. The summed E-state index contributed by atoms with van der Waals surface area (Å²) in [5, 5.41) is 6.80. The number of nitrogens with zero attached hydrogens (tertiary/aromatic N) is 4. The second-order valence-electron chi connectivity index (χ2n) is 11.2. The molecule has 0 amide bonds. The van der Waals surface area contributed by atoms with Gasteiger partial charge in [-0.25, -0.2) is 18.4 Å². The van der Waals surface area contributed by atoms with Crippen LogP contribution in [-0.4, -0.2) is 36.0 Å². The predicted molar refractivity (Wildman–Crippen MR) is 167 cm³/mol. The first kappa shape index (κ1) is 27.3. The van der Waals surface area contributed by atoms with Crippen molar-refractivity contribution in [3.05, 3.63) is 129 Å². The molecule has 43 heavy (non-hydrogen) atoms. The zero-order valence-electron chi connectivity index (χ0n) is 23.5. The first-order valence-corrected chi connectivity index (χ1v) is 15.9. The largest absolute Gasteiger partial charge is 0.326 e. The number of aromatic nitrogens is 2. The van der Waals surface area contributed by atoms with Crippen molar-refractivity contribution in [1.29, 1.82) is 0 Å². The molecular formula is C33H32N6O3S. The molecule has 218 valence electrons. The third-order valence-corrected chi connectivity index (χ3v) is 9.33. The summed E-state index contributed by atoms with van der Waals surface area (Å²) in [6, 6.07) is 31.3. The molecule has 4 aromatic carbocycles. The molecular weight excluding hydrogens is 560 g/mol. The number of likely N-dealkylation sites (tertiary alicyclic amines) is 1. The van der Waals surface area contributed by atoms with Gasteiger partial charge in [0.2, 0.25) is 10.0 Å². The summed E-state index contributed by atoms with van der Waals surface area (Å²) in [4.78, 5) is 25.2. The fourth-order valence-electron chi connectivity index (χ4n) is 6.22. The van der Waals surface area contributed by atoms with Gasteiger partial charge in [-0.15, -0.1) is 0 Å². The Bertz CT molecular complexity index is 2080. The zero-order chi connectivity index (χ0) is 29.6. The highest BCUT2D eigenvalue weighted by molar-refractivity contribution is 7.89. The van der Waals surface area contributed by atoms with Gasteiger partial charge in [-0.05, 0) is 66.4 Å². The number of benzene rings is 4. The lowest BCUT2D eigenvalue weighted by Crippen LogP contribution is -2.38. The Hall–Kier alpha value is -4.51. The van der Waals surface area contributed by atoms with Gasteiger partial charge < -0.3 is 9.88 Å². The van der Waals surface area contributed by atoms with E-state index in [4.69, 9.17) is 10.1 Å². The van der Waals surface area contributed by atoms with Gasteiger partial charge in [-0.1, -0.05) is 54.6 Å². The molecule has 5 aromatic rings. The third-order valence-electron chi connectivity index (χ3n) is 8.42. The third kappa shape index (κ3) is 5.40. The summed E-state index contributed by atoms with van der Waals surface area (Å²) < 4.78 is 25.9. The van der Waals surface area contributed by atoms with Crippen molar-refractivity contribution in [2.75, 3.05) is 18.0 Å². The molecule has 2 aliphatic heterocycles. The van der Waals surface area contributed by atoms with E-state index in [0.29, 0.717) is 10.6 Å². The number of imidazole rings is 1. The number of hydrogen-bond donors (Lipinski definition) is 2. The maximum atomic E-state index is 12.7. The second kappa shape index (κ2) is 11.0. The molecule has 0 aliphatic carbocycles. The van der Waals surface area contributed by atoms with Crippen molar-refractivity contribution in [2.24, 2.45) is 10.1 Å². The van der Waals surface area contributed by atoms with Crippen molar-refractivity contribution in [3.8, 4) is 0 Å². The van der Waals surface area contributed by atoms with Crippen molar-refractivity contribution in [3.63, 3.8) is 0 Å². The van der Waals surface area contributed by atoms with Crippen LogP contribution in [0.5, 0.6) is 0 Å². The number of sulfonamides is 1. The minimum atomic E-state index is -3.83. The molecule has 1 saturated heterocycles. The number of rotatable bonds is 6. The van der Waals surface area contributed by atoms with Crippen molar-refractivity contribution in [2.45, 2.75) is 36.5 Å². The van der Waals surface area contributed by atoms with Gasteiger partial charge in [0, 0.05) is 42.8 Å². The summed E-state index contributed by atoms with van der Waals surface area (Å²) in [7, 11) is -3.83. The molecule has 1 aromatic heterocycles. The molecule has 10 heteroatoms. The van der Waals surface area contributed by atoms with Gasteiger partial charge >= 0.3 is 5.69 Å². The molecule has 1 atom stereocenters. The fraction of sp³-hybridized carbons (Fsp3) is 0.212. The Kier molecular flexibility index (Phi) is 6.97. The molecule has 0 bridgehead atoms. The smallest absolute Gasteiger partial charge is 0.321 e. The molecule has 9 nitrogen and oxygen atoms in total. The number of hydrogen-bond acceptors (Lipinski definition) is 6. The van der Waals surface area contributed by atoms with Crippen LogP contribution >= 0.6 is 0 Å². The summed E-state index contributed by atoms with van der Waals surface area (Å²) in [6.45, 7) is 2.68. The van der Waals surface area contributed by atoms with E-state index in [1.807, 2.05) is 65.4 Å². The van der Waals surface area contributed by atoms with Crippen LogP contribution in [0.3, 0.4) is 0 Å². The first-order chi connectivity index (χ1) is 20.8. The highest BCUT2D eigenvalue weighted by Gasteiger charge is 2.25. The number of anilines is 1. The lowest BCUT2D eigenvalue weighted by atomic mass is 10.0. The molecule has 7 rings (SSSR count). The maximum Gasteiger partial charge on any atom is 0.326 e. The minimum absolute atomic E-state index is 0.0300. The van der Waals surface area contributed by atoms with E-state index >= 15 is 0 Å². The number of nitrogens with one attached hydrogen (secondary N) is 1. The summed E-state index contributed by atoms with van der Waals surface area (Å²) in [5.74, 6) is 0. The first-order valence-electron chi connectivity index (χ1n) is 14.4. The Labute approximate surface area is 249 Å². The van der Waals surface area contributed by atoms with Crippen LogP contribution in [0.1, 0.15) is 36.2 Å². The van der Waals surface area contributed by atoms with E-state index in [0.717, 1.165) is 54.8 Å². The van der Waals surface area contributed by atoms with Crippen LogP contribution in [0.4, 0.5) is 5.69 Å². The van der Waals surface area contributed by atoms with Crippen LogP contribution in [0.15, 0.2) is 112 Å². The van der Waals surface area contributed by atoms with E-state index in [2.05, 4.69) is 39.0 Å². The van der Waals surface area contributed by atoms with Crippen LogP contribution in [0, 0.1) is 0 Å². The van der Waals surface area contributed by atoms with Gasteiger partial charge in [0.25, 0.3) is 0 Å². The van der Waals surface area contributed by atoms with Crippen molar-refractivity contribution >= 4 is 32.9 Å². The average Bonchev–Trinajstić information content (AvgIpc) is 3.36. The Balaban J connectivity index is 1.10. The second-order valence-corrected chi connectivity index (χ2v) is 12.8. The number of para-hydroxylation sites is 3. The summed E-state index contributed by atoms with van der Waals surface area (Å²) in [5.41, 5.74) is 5.03. The molecule has 1 unspecified atom stereocenters. The van der Waals surface area contributed by atoms with Crippen LogP contribution in [0.2, 0.25) is 0 Å². The number of aromatic amines is 1. The van der Waals surface area contributed by atoms with E-state index < -0.39 is 10.0 Å². The Morgan fingerprint density at radius 2 is 1.60 bits per heavy atom. The molecule has 3 N–H and O–H groups in total. The van der Waals surface area contributed by atoms with Crippen molar-refractivity contribution in [1.82, 2.24) is 14.5 Å². The van der Waals surface area contributed by atoms with E-state index in [1.165, 1.54) is 11.6 Å². The quantitative estimate of drug-likeness (QED) is 0.314. The molecule has 1 fully saturated rings. The van der Waals surface area contributed by atoms with E-state index in [-0.39, 0.29) is 22.8 Å². The van der Waals surface area contributed by atoms with Gasteiger partial charge in [0.05, 0.1) is 21.3 Å². The monoisotopic (exact) mass is 592 g/mol. The zero-order valence-corrected chi connectivity index (χ0v) is 24.3. The topological polar surface area (TPSA) is 117 Å². The number of H-pyrrole nitrogens is 1. The number of piperidine rings is 1. The summed E-state index contributed by atoms with van der Waals surface area (Å²) in [6.07, 6.45) is 3.48. The van der Waals surface area contributed by atoms with Gasteiger partial charge in [-0.2, -0.15) is 0 Å². The highest BCUT2D eigenvalue weighted by atomic mass is 32.2. The minimum Gasteiger partial charge on any atom is -0.321 e. The molecule has 0 spiro atoms. The molecule has 3 heterocycles. The summed E-state index contributed by atoms with van der Waals surface area (Å²) >= 11 is 0. The van der Waals surface area contributed by atoms with E-state index in [9.17, 15) is 13.2 Å². The molecule has 2 aliphatic rings. The lowest BCUT2D eigenvalue weighted by molar-refractivity contribution is 0.180. The average molecular weight is 593 g/mol. The Morgan fingerprint density at radius 1 is 0.884 bits per heavy atom. The molecule has 0 saturated carbocycles. The van der Waals surface area contributed by atoms with Crippen LogP contribution < -0.4 is 26.3 Å². The van der Waals surface area contributed by atoms with Gasteiger partial charge in [-0.3, -0.25) is 14.5 Å².